The molecule has 11 heavy (non-hydrogen) atoms. The molecule has 0 aromatic rings. The lowest BCUT2D eigenvalue weighted by Crippen LogP contribution is -2.44. The molecule has 0 saturated heterocycles. The standard InChI is InChI=1S/C6H14O2.C2H6O/c1-5(2,7)6(3,4)8;1-2-3/h7-8H,1-4H3;3H,2H2,1H3. The smallest absolute Gasteiger partial charge is 0.0872 e. The van der Waals surface area contributed by atoms with Crippen LogP contribution in [0, 0.1) is 0 Å². The maximum absolute atomic E-state index is 9.10. The molecule has 0 saturated carbocycles. The molecule has 0 unspecified atom stereocenters. The fraction of sp³-hybridized carbons (Fsp3) is 1.00. The van der Waals surface area contributed by atoms with Crippen LogP contribution >= 0.6 is 0 Å². The maximum atomic E-state index is 9.10. The second-order valence-electron chi connectivity index (χ2n) is 3.43. The Morgan fingerprint density at radius 3 is 1.00 bits per heavy atom. The van der Waals surface area contributed by atoms with E-state index in [-0.39, 0.29) is 6.61 Å². The molecule has 3 heteroatoms. The summed E-state index contributed by atoms with van der Waals surface area (Å²) in [5.41, 5.74) is -2.01. The molecule has 0 bridgehead atoms. The first kappa shape index (κ1) is 13.5. The Morgan fingerprint density at radius 2 is 1.00 bits per heavy atom. The topological polar surface area (TPSA) is 60.7 Å². The zero-order valence-electron chi connectivity index (χ0n) is 8.05. The van der Waals surface area contributed by atoms with Crippen molar-refractivity contribution in [2.24, 2.45) is 0 Å². The summed E-state index contributed by atoms with van der Waals surface area (Å²) in [5.74, 6) is 0. The predicted molar refractivity (Wildman–Crippen MR) is 45.4 cm³/mol. The number of hydrogen-bond acceptors (Lipinski definition) is 3. The van der Waals surface area contributed by atoms with Gasteiger partial charge in [-0.25, -0.2) is 0 Å². The molecular weight excluding hydrogens is 144 g/mol. The summed E-state index contributed by atoms with van der Waals surface area (Å²) in [5, 5.41) is 25.8. The lowest BCUT2D eigenvalue weighted by Gasteiger charge is -2.31. The van der Waals surface area contributed by atoms with E-state index in [1.54, 1.807) is 34.6 Å². The van der Waals surface area contributed by atoms with Crippen molar-refractivity contribution in [2.45, 2.75) is 45.8 Å². The van der Waals surface area contributed by atoms with Crippen molar-refractivity contribution in [2.75, 3.05) is 6.61 Å². The minimum atomic E-state index is -1.01. The van der Waals surface area contributed by atoms with E-state index < -0.39 is 11.2 Å². The van der Waals surface area contributed by atoms with E-state index in [9.17, 15) is 0 Å². The van der Waals surface area contributed by atoms with Crippen LogP contribution < -0.4 is 0 Å². The van der Waals surface area contributed by atoms with Gasteiger partial charge in [0.25, 0.3) is 0 Å². The number of hydrogen-bond donors (Lipinski definition) is 3. The molecule has 0 amide bonds. The molecule has 0 spiro atoms. The second kappa shape index (κ2) is 4.70. The van der Waals surface area contributed by atoms with Gasteiger partial charge in [0.15, 0.2) is 0 Å². The highest BCUT2D eigenvalue weighted by molar-refractivity contribution is 4.84. The molecule has 0 aromatic heterocycles. The number of aliphatic hydroxyl groups is 3. The van der Waals surface area contributed by atoms with E-state index in [0.717, 1.165) is 0 Å². The lowest BCUT2D eigenvalue weighted by molar-refractivity contribution is -0.107. The fourth-order valence-electron chi connectivity index (χ4n) is 0. The van der Waals surface area contributed by atoms with Gasteiger partial charge < -0.3 is 15.3 Å². The van der Waals surface area contributed by atoms with E-state index >= 15 is 0 Å². The first-order valence-corrected chi connectivity index (χ1v) is 3.72. The van der Waals surface area contributed by atoms with Crippen molar-refractivity contribution in [3.05, 3.63) is 0 Å². The Balaban J connectivity index is 0. The van der Waals surface area contributed by atoms with Crippen LogP contribution in [0.4, 0.5) is 0 Å². The van der Waals surface area contributed by atoms with Crippen LogP contribution in [0.3, 0.4) is 0 Å². The van der Waals surface area contributed by atoms with Crippen LogP contribution in [0.5, 0.6) is 0 Å². The highest BCUT2D eigenvalue weighted by Crippen LogP contribution is 2.19. The Labute approximate surface area is 68.7 Å². The summed E-state index contributed by atoms with van der Waals surface area (Å²) in [6.07, 6.45) is 0. The third-order valence-electron chi connectivity index (χ3n) is 1.50. The molecule has 0 aliphatic rings. The second-order valence-corrected chi connectivity index (χ2v) is 3.43. The average Bonchev–Trinajstić information content (AvgIpc) is 1.60. The number of aliphatic hydroxyl groups excluding tert-OH is 1. The van der Waals surface area contributed by atoms with Crippen LogP contribution in [0.2, 0.25) is 0 Å². The summed E-state index contributed by atoms with van der Waals surface area (Å²) in [6, 6.07) is 0. The molecule has 0 atom stereocenters. The van der Waals surface area contributed by atoms with Gasteiger partial charge in [-0.3, -0.25) is 0 Å². The van der Waals surface area contributed by atoms with E-state index in [2.05, 4.69) is 0 Å². The van der Waals surface area contributed by atoms with Gasteiger partial charge in [-0.05, 0) is 34.6 Å². The van der Waals surface area contributed by atoms with E-state index in [1.165, 1.54) is 0 Å². The molecule has 3 nitrogen and oxygen atoms in total. The summed E-state index contributed by atoms with van der Waals surface area (Å²) in [6.45, 7) is 8.24. The minimum absolute atomic E-state index is 0.250. The van der Waals surface area contributed by atoms with E-state index in [0.29, 0.717) is 0 Å². The monoisotopic (exact) mass is 164 g/mol. The third-order valence-corrected chi connectivity index (χ3v) is 1.50. The van der Waals surface area contributed by atoms with Gasteiger partial charge in [0.2, 0.25) is 0 Å². The van der Waals surface area contributed by atoms with Gasteiger partial charge in [-0.1, -0.05) is 0 Å². The molecule has 0 heterocycles. The lowest BCUT2D eigenvalue weighted by atomic mass is 9.90. The quantitative estimate of drug-likeness (QED) is 0.529. The summed E-state index contributed by atoms with van der Waals surface area (Å²) < 4.78 is 0. The molecule has 0 rings (SSSR count). The fourth-order valence-corrected chi connectivity index (χ4v) is 0. The van der Waals surface area contributed by atoms with Crippen molar-refractivity contribution in [1.29, 1.82) is 0 Å². The van der Waals surface area contributed by atoms with Gasteiger partial charge >= 0.3 is 0 Å². The number of rotatable bonds is 1. The Bertz CT molecular complexity index is 74.5. The highest BCUT2D eigenvalue weighted by Gasteiger charge is 2.31. The molecule has 0 aliphatic heterocycles. The molecule has 0 aromatic carbocycles. The third kappa shape index (κ3) is 7.78. The largest absolute Gasteiger partial charge is 0.397 e. The van der Waals surface area contributed by atoms with Crippen LogP contribution in [-0.2, 0) is 0 Å². The van der Waals surface area contributed by atoms with Crippen LogP contribution in [0.25, 0.3) is 0 Å². The summed E-state index contributed by atoms with van der Waals surface area (Å²) >= 11 is 0. The SMILES string of the molecule is CC(C)(O)C(C)(C)O.CCO. The van der Waals surface area contributed by atoms with Crippen molar-refractivity contribution >= 4 is 0 Å². The average molecular weight is 164 g/mol. The molecular formula is C8H20O3. The Kier molecular flexibility index (Phi) is 5.75. The van der Waals surface area contributed by atoms with Gasteiger partial charge in [0.05, 0.1) is 11.2 Å². The first-order chi connectivity index (χ1) is 4.66. The Hall–Kier alpha value is -0.120. The van der Waals surface area contributed by atoms with Crippen molar-refractivity contribution in [1.82, 2.24) is 0 Å². The zero-order chi connectivity index (χ0) is 9.71. The van der Waals surface area contributed by atoms with Crippen LogP contribution in [0.1, 0.15) is 34.6 Å². The van der Waals surface area contributed by atoms with Gasteiger partial charge in [-0.2, -0.15) is 0 Å². The highest BCUT2D eigenvalue weighted by atomic mass is 16.3. The predicted octanol–water partition coefficient (Wildman–Crippen LogP) is 0.527. The van der Waals surface area contributed by atoms with Crippen molar-refractivity contribution in [3.63, 3.8) is 0 Å². The molecule has 0 aliphatic carbocycles. The molecule has 0 fully saturated rings. The summed E-state index contributed by atoms with van der Waals surface area (Å²) in [7, 11) is 0. The molecule has 0 radical (unpaired) electrons. The van der Waals surface area contributed by atoms with Crippen LogP contribution in [0.15, 0.2) is 0 Å². The zero-order valence-corrected chi connectivity index (χ0v) is 8.05. The van der Waals surface area contributed by atoms with E-state index in [1.807, 2.05) is 0 Å². The van der Waals surface area contributed by atoms with E-state index in [4.69, 9.17) is 15.3 Å². The molecule has 3 N–H and O–H groups in total. The first-order valence-electron chi connectivity index (χ1n) is 3.72. The Morgan fingerprint density at radius 1 is 0.909 bits per heavy atom. The van der Waals surface area contributed by atoms with Gasteiger partial charge in [-0.15, -0.1) is 0 Å². The minimum Gasteiger partial charge on any atom is -0.397 e. The summed E-state index contributed by atoms with van der Waals surface area (Å²) in [4.78, 5) is 0. The van der Waals surface area contributed by atoms with Crippen LogP contribution in [-0.4, -0.2) is 33.1 Å². The van der Waals surface area contributed by atoms with Crippen molar-refractivity contribution < 1.29 is 15.3 Å². The molecule has 70 valence electrons. The normalized spacial score (nSPS) is 12.0. The van der Waals surface area contributed by atoms with Gasteiger partial charge in [0, 0.05) is 6.61 Å². The maximum Gasteiger partial charge on any atom is 0.0872 e. The van der Waals surface area contributed by atoms with Gasteiger partial charge in [0.1, 0.15) is 0 Å². The van der Waals surface area contributed by atoms with Crippen molar-refractivity contribution in [3.8, 4) is 0 Å².